The standard InChI is InChI=1S/C12H22N2OS/c1-3-6-10(11(13)16)12(15)14(2)9-7-4-5-8-9/h9-10H,3-8H2,1-2H3,(H2,13,16). The van der Waals surface area contributed by atoms with E-state index in [-0.39, 0.29) is 11.8 Å². The van der Waals surface area contributed by atoms with Crippen LogP contribution in [0, 0.1) is 5.92 Å². The Morgan fingerprint density at radius 1 is 1.50 bits per heavy atom. The van der Waals surface area contributed by atoms with Crippen molar-refractivity contribution in [1.82, 2.24) is 4.90 Å². The average molecular weight is 242 g/mol. The fourth-order valence-electron chi connectivity index (χ4n) is 2.39. The molecule has 1 atom stereocenters. The Kier molecular flexibility index (Phi) is 5.19. The Hall–Kier alpha value is -0.640. The van der Waals surface area contributed by atoms with Crippen LogP contribution in [0.25, 0.3) is 0 Å². The Balaban J connectivity index is 2.61. The van der Waals surface area contributed by atoms with Crippen LogP contribution in [0.5, 0.6) is 0 Å². The predicted molar refractivity (Wildman–Crippen MR) is 70.2 cm³/mol. The van der Waals surface area contributed by atoms with E-state index in [9.17, 15) is 4.79 Å². The van der Waals surface area contributed by atoms with E-state index in [0.29, 0.717) is 11.0 Å². The number of thiocarbonyl (C=S) groups is 1. The van der Waals surface area contributed by atoms with Crippen LogP contribution in [0.15, 0.2) is 0 Å². The summed E-state index contributed by atoms with van der Waals surface area (Å²) in [4.78, 5) is 14.4. The van der Waals surface area contributed by atoms with Crippen LogP contribution in [0.3, 0.4) is 0 Å². The highest BCUT2D eigenvalue weighted by Gasteiger charge is 2.29. The maximum atomic E-state index is 12.2. The molecule has 0 radical (unpaired) electrons. The lowest BCUT2D eigenvalue weighted by molar-refractivity contribution is -0.134. The molecule has 16 heavy (non-hydrogen) atoms. The molecule has 1 rings (SSSR count). The molecule has 0 aromatic carbocycles. The van der Waals surface area contributed by atoms with E-state index >= 15 is 0 Å². The Morgan fingerprint density at radius 2 is 2.06 bits per heavy atom. The first-order chi connectivity index (χ1) is 7.57. The Bertz CT molecular complexity index is 262. The van der Waals surface area contributed by atoms with Crippen LogP contribution in [-0.2, 0) is 4.79 Å². The molecule has 1 fully saturated rings. The second-order valence-corrected chi connectivity index (χ2v) is 5.10. The van der Waals surface area contributed by atoms with Gasteiger partial charge in [0.25, 0.3) is 0 Å². The minimum atomic E-state index is -0.259. The maximum absolute atomic E-state index is 12.2. The smallest absolute Gasteiger partial charge is 0.232 e. The summed E-state index contributed by atoms with van der Waals surface area (Å²) in [6, 6.07) is 0.404. The highest BCUT2D eigenvalue weighted by atomic mass is 32.1. The lowest BCUT2D eigenvalue weighted by Crippen LogP contribution is -2.43. The molecule has 3 nitrogen and oxygen atoms in total. The molecule has 0 heterocycles. The van der Waals surface area contributed by atoms with Crippen LogP contribution in [0.4, 0.5) is 0 Å². The van der Waals surface area contributed by atoms with Gasteiger partial charge in [-0.05, 0) is 19.3 Å². The van der Waals surface area contributed by atoms with Gasteiger partial charge < -0.3 is 10.6 Å². The van der Waals surface area contributed by atoms with Crippen LogP contribution < -0.4 is 5.73 Å². The molecule has 0 bridgehead atoms. The molecule has 92 valence electrons. The summed E-state index contributed by atoms with van der Waals surface area (Å²) in [6.07, 6.45) is 6.41. The molecule has 1 aliphatic carbocycles. The first-order valence-corrected chi connectivity index (χ1v) is 6.54. The Labute approximate surface area is 103 Å². The van der Waals surface area contributed by atoms with E-state index in [1.165, 1.54) is 12.8 Å². The van der Waals surface area contributed by atoms with Crippen molar-refractivity contribution in [2.24, 2.45) is 11.7 Å². The van der Waals surface area contributed by atoms with Gasteiger partial charge in [-0.25, -0.2) is 0 Å². The van der Waals surface area contributed by atoms with Crippen molar-refractivity contribution in [2.75, 3.05) is 7.05 Å². The van der Waals surface area contributed by atoms with E-state index in [1.54, 1.807) is 0 Å². The number of amides is 1. The van der Waals surface area contributed by atoms with Crippen molar-refractivity contribution < 1.29 is 4.79 Å². The van der Waals surface area contributed by atoms with E-state index in [4.69, 9.17) is 18.0 Å². The number of carbonyl (C=O) groups excluding carboxylic acids is 1. The number of carbonyl (C=O) groups is 1. The van der Waals surface area contributed by atoms with Gasteiger partial charge in [0.2, 0.25) is 5.91 Å². The van der Waals surface area contributed by atoms with Crippen molar-refractivity contribution in [3.8, 4) is 0 Å². The number of hydrogen-bond acceptors (Lipinski definition) is 2. The molecule has 1 unspecified atom stereocenters. The monoisotopic (exact) mass is 242 g/mol. The first-order valence-electron chi connectivity index (χ1n) is 6.14. The number of rotatable bonds is 5. The zero-order valence-corrected chi connectivity index (χ0v) is 11.1. The van der Waals surface area contributed by atoms with Gasteiger partial charge in [0.1, 0.15) is 0 Å². The highest BCUT2D eigenvalue weighted by molar-refractivity contribution is 7.80. The van der Waals surface area contributed by atoms with Gasteiger partial charge in [-0.1, -0.05) is 38.4 Å². The summed E-state index contributed by atoms with van der Waals surface area (Å²) in [5.41, 5.74) is 5.64. The van der Waals surface area contributed by atoms with Gasteiger partial charge in [0, 0.05) is 13.1 Å². The quantitative estimate of drug-likeness (QED) is 0.751. The van der Waals surface area contributed by atoms with Crippen LogP contribution >= 0.6 is 12.2 Å². The van der Waals surface area contributed by atoms with E-state index in [2.05, 4.69) is 0 Å². The third-order valence-corrected chi connectivity index (χ3v) is 3.72. The molecule has 0 spiro atoms. The third-order valence-electron chi connectivity index (χ3n) is 3.44. The van der Waals surface area contributed by atoms with Crippen molar-refractivity contribution in [3.05, 3.63) is 0 Å². The average Bonchev–Trinajstić information content (AvgIpc) is 2.76. The first kappa shape index (κ1) is 13.4. The maximum Gasteiger partial charge on any atom is 0.232 e. The zero-order chi connectivity index (χ0) is 12.1. The molecular weight excluding hydrogens is 220 g/mol. The van der Waals surface area contributed by atoms with Gasteiger partial charge in [-0.15, -0.1) is 0 Å². The lowest BCUT2D eigenvalue weighted by Gasteiger charge is -2.28. The van der Waals surface area contributed by atoms with Crippen molar-refractivity contribution in [1.29, 1.82) is 0 Å². The van der Waals surface area contributed by atoms with E-state index in [1.807, 2.05) is 18.9 Å². The van der Waals surface area contributed by atoms with Crippen molar-refractivity contribution >= 4 is 23.1 Å². The van der Waals surface area contributed by atoms with Crippen LogP contribution in [-0.4, -0.2) is 28.9 Å². The fraction of sp³-hybridized carbons (Fsp3) is 0.833. The van der Waals surface area contributed by atoms with E-state index in [0.717, 1.165) is 25.7 Å². The summed E-state index contributed by atoms with van der Waals surface area (Å²) >= 11 is 4.98. The molecule has 2 N–H and O–H groups in total. The summed E-state index contributed by atoms with van der Waals surface area (Å²) in [5, 5.41) is 0. The van der Waals surface area contributed by atoms with Gasteiger partial charge in [-0.2, -0.15) is 0 Å². The molecule has 0 aromatic rings. The van der Waals surface area contributed by atoms with E-state index < -0.39 is 0 Å². The van der Waals surface area contributed by atoms with Crippen LogP contribution in [0.2, 0.25) is 0 Å². The molecule has 4 heteroatoms. The summed E-state index contributed by atoms with van der Waals surface area (Å²) in [7, 11) is 1.89. The lowest BCUT2D eigenvalue weighted by atomic mass is 10.0. The predicted octanol–water partition coefficient (Wildman–Crippen LogP) is 2.09. The van der Waals surface area contributed by atoms with Crippen molar-refractivity contribution in [2.45, 2.75) is 51.5 Å². The second-order valence-electron chi connectivity index (χ2n) is 4.63. The normalized spacial score (nSPS) is 18.4. The molecule has 0 aromatic heterocycles. The molecule has 0 aliphatic heterocycles. The largest absolute Gasteiger partial charge is 0.393 e. The summed E-state index contributed by atoms with van der Waals surface area (Å²) in [6.45, 7) is 2.05. The summed E-state index contributed by atoms with van der Waals surface area (Å²) in [5.74, 6) is -0.146. The Morgan fingerprint density at radius 3 is 2.50 bits per heavy atom. The second kappa shape index (κ2) is 6.18. The minimum Gasteiger partial charge on any atom is -0.393 e. The van der Waals surface area contributed by atoms with Crippen LogP contribution in [0.1, 0.15) is 45.4 Å². The number of hydrogen-bond donors (Lipinski definition) is 1. The third kappa shape index (κ3) is 3.17. The minimum absolute atomic E-state index is 0.112. The van der Waals surface area contributed by atoms with Gasteiger partial charge >= 0.3 is 0 Å². The molecule has 1 saturated carbocycles. The SMILES string of the molecule is CCCC(C(=O)N(C)C1CCCC1)C(N)=S. The molecular formula is C12H22N2OS. The van der Waals surface area contributed by atoms with Crippen molar-refractivity contribution in [3.63, 3.8) is 0 Å². The highest BCUT2D eigenvalue weighted by Crippen LogP contribution is 2.24. The van der Waals surface area contributed by atoms with Gasteiger partial charge in [0.05, 0.1) is 10.9 Å². The fourth-order valence-corrected chi connectivity index (χ4v) is 2.61. The topological polar surface area (TPSA) is 46.3 Å². The van der Waals surface area contributed by atoms with Gasteiger partial charge in [0.15, 0.2) is 0 Å². The molecule has 0 saturated heterocycles. The number of nitrogens with zero attached hydrogens (tertiary/aromatic N) is 1. The number of nitrogens with two attached hydrogens (primary N) is 1. The molecule has 1 aliphatic rings. The molecule has 1 amide bonds. The van der Waals surface area contributed by atoms with Gasteiger partial charge in [-0.3, -0.25) is 4.79 Å². The summed E-state index contributed by atoms with van der Waals surface area (Å²) < 4.78 is 0. The zero-order valence-electron chi connectivity index (χ0n) is 10.2.